The van der Waals surface area contributed by atoms with E-state index in [9.17, 15) is 41.5 Å². The number of hydrogen-bond acceptors (Lipinski definition) is 10. The third kappa shape index (κ3) is 7.61. The lowest BCUT2D eigenvalue weighted by molar-refractivity contribution is -0.274. The van der Waals surface area contributed by atoms with Crippen molar-refractivity contribution >= 4 is 15.7 Å². The number of methoxy groups -OCH3 is 1. The highest BCUT2D eigenvalue weighted by Gasteiger charge is 2.52. The van der Waals surface area contributed by atoms with Crippen molar-refractivity contribution in [1.82, 2.24) is 19.5 Å². The summed E-state index contributed by atoms with van der Waals surface area (Å²) in [5, 5.41) is 19.6. The maximum Gasteiger partial charge on any atom is 0.573 e. The fourth-order valence-electron chi connectivity index (χ4n) is 5.10. The van der Waals surface area contributed by atoms with Gasteiger partial charge < -0.3 is 24.2 Å². The summed E-state index contributed by atoms with van der Waals surface area (Å²) in [6, 6.07) is 10.1. The van der Waals surface area contributed by atoms with Gasteiger partial charge in [-0.3, -0.25) is 19.1 Å². The van der Waals surface area contributed by atoms with E-state index in [0.717, 1.165) is 27.5 Å². The Bertz CT molecular complexity index is 1610. The number of aromatic nitrogens is 2. The summed E-state index contributed by atoms with van der Waals surface area (Å²) in [4.78, 5) is 27.3. The van der Waals surface area contributed by atoms with Crippen LogP contribution in [0.2, 0.25) is 0 Å². The van der Waals surface area contributed by atoms with E-state index in [-0.39, 0.29) is 48.9 Å². The number of imidazole rings is 1. The van der Waals surface area contributed by atoms with Crippen LogP contribution in [0.3, 0.4) is 0 Å². The van der Waals surface area contributed by atoms with Crippen molar-refractivity contribution in [2.75, 3.05) is 40.0 Å². The van der Waals surface area contributed by atoms with Crippen molar-refractivity contribution in [2.45, 2.75) is 41.8 Å². The third-order valence-corrected chi connectivity index (χ3v) is 10.1. The number of sulfone groups is 1. The predicted molar refractivity (Wildman–Crippen MR) is 152 cm³/mol. The van der Waals surface area contributed by atoms with Crippen molar-refractivity contribution in [3.05, 3.63) is 65.2 Å². The van der Waals surface area contributed by atoms with Gasteiger partial charge in [0, 0.05) is 33.3 Å². The average molecular weight is 659 g/mol. The first-order valence-corrected chi connectivity index (χ1v) is 15.3. The number of nitrogens with one attached hydrogen (secondary N) is 1. The minimum atomic E-state index is -4.86. The number of halogens is 3. The van der Waals surface area contributed by atoms with Crippen LogP contribution in [0.25, 0.3) is 5.69 Å². The van der Waals surface area contributed by atoms with Crippen molar-refractivity contribution in [3.8, 4) is 23.1 Å². The first kappa shape index (κ1) is 33.8. The molecule has 1 fully saturated rings. The molecule has 0 radical (unpaired) electrons. The van der Waals surface area contributed by atoms with Crippen molar-refractivity contribution in [1.29, 1.82) is 0 Å². The lowest BCUT2D eigenvalue weighted by atomic mass is 9.95. The Morgan fingerprint density at radius 3 is 2.20 bits per heavy atom. The smallest absolute Gasteiger partial charge is 0.494 e. The molecular formula is C28H33F3N4O9S. The van der Waals surface area contributed by atoms with E-state index in [1.807, 2.05) is 4.90 Å². The van der Waals surface area contributed by atoms with Gasteiger partial charge in [0.2, 0.25) is 5.88 Å². The number of aromatic hydroxyl groups is 1. The van der Waals surface area contributed by atoms with Gasteiger partial charge in [-0.05, 0) is 67.8 Å². The summed E-state index contributed by atoms with van der Waals surface area (Å²) >= 11 is 0. The maximum atomic E-state index is 13.6. The molecule has 0 spiro atoms. The van der Waals surface area contributed by atoms with Gasteiger partial charge in [-0.1, -0.05) is 0 Å². The molecule has 2 heterocycles. The van der Waals surface area contributed by atoms with Gasteiger partial charge in [0.05, 0.1) is 30.0 Å². The van der Waals surface area contributed by atoms with E-state index in [0.29, 0.717) is 32.0 Å². The maximum absolute atomic E-state index is 13.6. The van der Waals surface area contributed by atoms with Crippen molar-refractivity contribution < 1.29 is 50.9 Å². The lowest BCUT2D eigenvalue weighted by Gasteiger charge is -2.39. The Hall–Kier alpha value is -4.06. The van der Waals surface area contributed by atoms with Crippen LogP contribution >= 0.6 is 0 Å². The number of hydroxylamine groups is 1. The molecule has 1 aromatic heterocycles. The normalized spacial score (nSPS) is 15.5. The monoisotopic (exact) mass is 658 g/mol. The number of piperidine rings is 1. The summed E-state index contributed by atoms with van der Waals surface area (Å²) in [7, 11) is -2.65. The quantitative estimate of drug-likeness (QED) is 0.141. The van der Waals surface area contributed by atoms with Crippen LogP contribution in [-0.2, 0) is 25.9 Å². The molecule has 0 unspecified atom stereocenters. The second kappa shape index (κ2) is 13.9. The summed E-state index contributed by atoms with van der Waals surface area (Å²) < 4.78 is 79.3. The van der Waals surface area contributed by atoms with E-state index < -0.39 is 38.3 Å². The first-order valence-electron chi connectivity index (χ1n) is 13.8. The molecule has 3 N–H and O–H groups in total. The zero-order chi connectivity index (χ0) is 32.8. The van der Waals surface area contributed by atoms with Gasteiger partial charge in [0.15, 0.2) is 14.6 Å². The highest BCUT2D eigenvalue weighted by atomic mass is 32.2. The Balaban J connectivity index is 1.36. The zero-order valence-electron chi connectivity index (χ0n) is 24.2. The second-order valence-electron chi connectivity index (χ2n) is 10.3. The molecule has 1 amide bonds. The average Bonchev–Trinajstić information content (AvgIpc) is 3.30. The fourth-order valence-corrected chi connectivity index (χ4v) is 7.06. The molecule has 17 heteroatoms. The number of ether oxygens (including phenoxy) is 3. The Labute approximate surface area is 256 Å². The first-order chi connectivity index (χ1) is 21.3. The topological polar surface area (TPSA) is 162 Å². The molecule has 0 saturated carbocycles. The number of rotatable bonds is 13. The number of nitrogens with zero attached hydrogens (tertiary/aromatic N) is 3. The molecule has 0 atom stereocenters. The summed E-state index contributed by atoms with van der Waals surface area (Å²) in [6.07, 6.45) is -3.50. The van der Waals surface area contributed by atoms with E-state index >= 15 is 0 Å². The van der Waals surface area contributed by atoms with Crippen molar-refractivity contribution in [3.63, 3.8) is 0 Å². The standard InChI is InChI=1S/C28H33F3N4O9S/c1-42-18-16-33-14-11-27(12-15-33,25(37)32-39)45(40,41)23-9-7-21(8-10-23)43-17-2-13-34-24(36)19-35(26(34)38)20-3-5-22(6-4-20)44-28(29,30)31/h3-10,19,36,39H,2,11-18H2,1H3,(H,32,37). The highest BCUT2D eigenvalue weighted by Crippen LogP contribution is 2.36. The fraction of sp³-hybridized carbons (Fsp3) is 0.429. The number of carbonyl (C=O) groups excluding carboxylic acids is 1. The predicted octanol–water partition coefficient (Wildman–Crippen LogP) is 2.47. The number of hydrogen-bond donors (Lipinski definition) is 3. The molecule has 1 aliphatic rings. The van der Waals surface area contributed by atoms with Crippen LogP contribution in [0, 0.1) is 0 Å². The largest absolute Gasteiger partial charge is 0.573 e. The van der Waals surface area contributed by atoms with E-state index in [2.05, 4.69) is 4.74 Å². The summed E-state index contributed by atoms with van der Waals surface area (Å²) in [6.45, 7) is 1.81. The molecule has 2 aromatic carbocycles. The zero-order valence-corrected chi connectivity index (χ0v) is 25.0. The molecule has 3 aromatic rings. The summed E-state index contributed by atoms with van der Waals surface area (Å²) in [5.74, 6) is -1.50. The minimum absolute atomic E-state index is 0.0184. The molecule has 4 rings (SSSR count). The Kier molecular flexibility index (Phi) is 10.5. The minimum Gasteiger partial charge on any atom is -0.494 e. The molecule has 1 saturated heterocycles. The van der Waals surface area contributed by atoms with Crippen LogP contribution < -0.4 is 20.6 Å². The van der Waals surface area contributed by atoms with Gasteiger partial charge in [0.1, 0.15) is 11.5 Å². The molecule has 0 aliphatic carbocycles. The Morgan fingerprint density at radius 2 is 1.62 bits per heavy atom. The van der Waals surface area contributed by atoms with Crippen LogP contribution in [0.4, 0.5) is 13.2 Å². The molecule has 0 bridgehead atoms. The number of likely N-dealkylation sites (tertiary alicyclic amines) is 1. The van der Waals surface area contributed by atoms with Gasteiger partial charge in [0.25, 0.3) is 5.91 Å². The third-order valence-electron chi connectivity index (χ3n) is 7.54. The molecule has 45 heavy (non-hydrogen) atoms. The highest BCUT2D eigenvalue weighted by molar-refractivity contribution is 7.93. The van der Waals surface area contributed by atoms with Crippen LogP contribution in [0.15, 0.2) is 64.4 Å². The number of amides is 1. The number of carbonyl (C=O) groups is 1. The summed E-state index contributed by atoms with van der Waals surface area (Å²) in [5.41, 5.74) is 1.11. The van der Waals surface area contributed by atoms with E-state index in [1.54, 1.807) is 7.11 Å². The lowest BCUT2D eigenvalue weighted by Crippen LogP contribution is -2.57. The SMILES string of the molecule is COCCN1CCC(C(=O)NO)(S(=O)(=O)c2ccc(OCCCn3c(O)cn(-c4ccc(OC(F)(F)F)cc4)c3=O)cc2)CC1. The van der Waals surface area contributed by atoms with Crippen LogP contribution in [0.5, 0.6) is 17.4 Å². The number of benzene rings is 2. The van der Waals surface area contributed by atoms with Crippen LogP contribution in [-0.4, -0.2) is 89.7 Å². The van der Waals surface area contributed by atoms with Gasteiger partial charge in [-0.25, -0.2) is 18.7 Å². The number of alkyl halides is 3. The van der Waals surface area contributed by atoms with Gasteiger partial charge >= 0.3 is 12.1 Å². The second-order valence-corrected chi connectivity index (χ2v) is 12.5. The molecule has 1 aliphatic heterocycles. The van der Waals surface area contributed by atoms with Crippen molar-refractivity contribution in [2.24, 2.45) is 0 Å². The van der Waals surface area contributed by atoms with E-state index in [4.69, 9.17) is 9.47 Å². The van der Waals surface area contributed by atoms with Crippen LogP contribution in [0.1, 0.15) is 19.3 Å². The molecule has 13 nitrogen and oxygen atoms in total. The van der Waals surface area contributed by atoms with E-state index in [1.165, 1.54) is 41.9 Å². The van der Waals surface area contributed by atoms with Gasteiger partial charge in [-0.15, -0.1) is 13.2 Å². The Morgan fingerprint density at radius 1 is 1.00 bits per heavy atom. The van der Waals surface area contributed by atoms with Gasteiger partial charge in [-0.2, -0.15) is 0 Å². The molecule has 246 valence electrons. The molecular weight excluding hydrogens is 625 g/mol.